The van der Waals surface area contributed by atoms with Crippen LogP contribution in [0.1, 0.15) is 26.2 Å². The topological polar surface area (TPSA) is 78.8 Å². The van der Waals surface area contributed by atoms with Gasteiger partial charge in [0.1, 0.15) is 5.70 Å². The fraction of sp³-hybridized carbons (Fsp3) is 0.727. The van der Waals surface area contributed by atoms with Gasteiger partial charge < -0.3 is 20.3 Å². The lowest BCUT2D eigenvalue weighted by Crippen LogP contribution is -2.27. The number of carboxylic acids is 1. The Bertz CT molecular complexity index is 336. The van der Waals surface area contributed by atoms with Gasteiger partial charge in [0.25, 0.3) is 0 Å². The van der Waals surface area contributed by atoms with Crippen LogP contribution in [0.4, 0.5) is 0 Å². The molecule has 2 aliphatic heterocycles. The predicted octanol–water partition coefficient (Wildman–Crippen LogP) is 0.895. The lowest BCUT2D eigenvalue weighted by molar-refractivity contribution is -0.133. The zero-order valence-electron chi connectivity index (χ0n) is 9.68. The lowest BCUT2D eigenvalue weighted by atomic mass is 10.2. The highest BCUT2D eigenvalue weighted by Gasteiger charge is 2.35. The van der Waals surface area contributed by atoms with Crippen LogP contribution < -0.4 is 5.32 Å². The van der Waals surface area contributed by atoms with Crippen molar-refractivity contribution in [2.24, 2.45) is 0 Å². The number of aliphatic hydroxyl groups excluding tert-OH is 1. The van der Waals surface area contributed by atoms with Gasteiger partial charge in [-0.1, -0.05) is 0 Å². The zero-order chi connectivity index (χ0) is 12.4. The molecule has 0 saturated carbocycles. The molecule has 0 aromatic rings. The molecule has 0 aromatic carbocycles. The van der Waals surface area contributed by atoms with Crippen molar-refractivity contribution in [1.29, 1.82) is 0 Å². The van der Waals surface area contributed by atoms with Gasteiger partial charge in [0.05, 0.1) is 17.6 Å². The average Bonchev–Trinajstić information content (AvgIpc) is 2.82. The number of hydrogen-bond donors (Lipinski definition) is 3. The van der Waals surface area contributed by atoms with Crippen LogP contribution in [-0.2, 0) is 9.53 Å². The molecular weight excluding hydrogens is 242 g/mol. The normalized spacial score (nSPS) is 30.5. The summed E-state index contributed by atoms with van der Waals surface area (Å²) in [5.41, 5.74) is 0.243. The minimum absolute atomic E-state index is 0.0692. The Morgan fingerprint density at radius 1 is 1.71 bits per heavy atom. The largest absolute Gasteiger partial charge is 0.477 e. The third-order valence-electron chi connectivity index (χ3n) is 2.81. The smallest absolute Gasteiger partial charge is 0.352 e. The summed E-state index contributed by atoms with van der Waals surface area (Å²) in [7, 11) is 0. The van der Waals surface area contributed by atoms with Gasteiger partial charge in [-0.3, -0.25) is 0 Å². The number of carboxylic acid groups (broad SMARTS) is 1. The number of thioether (sulfide) groups is 1. The van der Waals surface area contributed by atoms with E-state index in [2.05, 4.69) is 5.32 Å². The number of ether oxygens (including phenoxy) is 1. The Kier molecular flexibility index (Phi) is 3.96. The molecule has 2 heterocycles. The first kappa shape index (κ1) is 12.7. The number of nitrogens with one attached hydrogen (secondary N) is 1. The van der Waals surface area contributed by atoms with Crippen molar-refractivity contribution in [3.63, 3.8) is 0 Å². The third kappa shape index (κ3) is 2.94. The molecule has 5 nitrogen and oxygen atoms in total. The number of aliphatic hydroxyl groups is 1. The Hall–Kier alpha value is -0.720. The Morgan fingerprint density at radius 2 is 2.47 bits per heavy atom. The highest BCUT2D eigenvalue weighted by molar-refractivity contribution is 8.04. The van der Waals surface area contributed by atoms with Crippen LogP contribution in [0.15, 0.2) is 10.6 Å². The van der Waals surface area contributed by atoms with E-state index in [0.29, 0.717) is 13.0 Å². The fourth-order valence-electron chi connectivity index (χ4n) is 2.08. The minimum Gasteiger partial charge on any atom is -0.477 e. The van der Waals surface area contributed by atoms with E-state index in [4.69, 9.17) is 9.84 Å². The second kappa shape index (κ2) is 5.29. The van der Waals surface area contributed by atoms with Gasteiger partial charge in [0.15, 0.2) is 0 Å². The SMILES string of the molecule is C[C@@H](O)C[C@H]1NC(C(=O)O)=C([C@H]2CCCO2)S1. The van der Waals surface area contributed by atoms with Crippen molar-refractivity contribution < 1.29 is 19.7 Å². The summed E-state index contributed by atoms with van der Waals surface area (Å²) in [6, 6.07) is 0. The summed E-state index contributed by atoms with van der Waals surface area (Å²) < 4.78 is 5.53. The molecule has 2 aliphatic rings. The molecule has 0 radical (unpaired) electrons. The van der Waals surface area contributed by atoms with Crippen molar-refractivity contribution in [3.05, 3.63) is 10.6 Å². The maximum atomic E-state index is 11.1. The van der Waals surface area contributed by atoms with Gasteiger partial charge in [-0.2, -0.15) is 0 Å². The van der Waals surface area contributed by atoms with E-state index < -0.39 is 12.1 Å². The third-order valence-corrected chi connectivity index (χ3v) is 4.13. The highest BCUT2D eigenvalue weighted by atomic mass is 32.2. The summed E-state index contributed by atoms with van der Waals surface area (Å²) in [6.45, 7) is 2.40. The first-order chi connectivity index (χ1) is 8.08. The van der Waals surface area contributed by atoms with Gasteiger partial charge in [-0.15, -0.1) is 11.8 Å². The van der Waals surface area contributed by atoms with Crippen molar-refractivity contribution in [2.45, 2.75) is 43.8 Å². The molecule has 2 rings (SSSR count). The van der Waals surface area contributed by atoms with Crippen molar-refractivity contribution >= 4 is 17.7 Å². The Labute approximate surface area is 104 Å². The summed E-state index contributed by atoms with van der Waals surface area (Å²) in [6.07, 6.45) is 1.85. The van der Waals surface area contributed by atoms with Crippen LogP contribution in [0.5, 0.6) is 0 Å². The van der Waals surface area contributed by atoms with Gasteiger partial charge >= 0.3 is 5.97 Å². The lowest BCUT2D eigenvalue weighted by Gasteiger charge is -2.14. The van der Waals surface area contributed by atoms with E-state index >= 15 is 0 Å². The van der Waals surface area contributed by atoms with Gasteiger partial charge in [0, 0.05) is 17.9 Å². The van der Waals surface area contributed by atoms with E-state index in [9.17, 15) is 9.90 Å². The summed E-state index contributed by atoms with van der Waals surface area (Å²) in [5.74, 6) is -0.948. The Morgan fingerprint density at radius 3 is 3.00 bits per heavy atom. The molecule has 1 fully saturated rings. The van der Waals surface area contributed by atoms with Crippen LogP contribution in [0.2, 0.25) is 0 Å². The van der Waals surface area contributed by atoms with E-state index in [-0.39, 0.29) is 17.2 Å². The molecule has 96 valence electrons. The zero-order valence-corrected chi connectivity index (χ0v) is 10.5. The molecule has 3 atom stereocenters. The van der Waals surface area contributed by atoms with Crippen LogP contribution in [0.25, 0.3) is 0 Å². The van der Waals surface area contributed by atoms with Gasteiger partial charge in [0.2, 0.25) is 0 Å². The summed E-state index contributed by atoms with van der Waals surface area (Å²) >= 11 is 1.48. The predicted molar refractivity (Wildman–Crippen MR) is 64.4 cm³/mol. The van der Waals surface area contributed by atoms with Crippen LogP contribution >= 0.6 is 11.8 Å². The van der Waals surface area contributed by atoms with Crippen LogP contribution in [0, 0.1) is 0 Å². The standard InChI is InChI=1S/C11H17NO4S/c1-6(13)5-8-12-9(11(14)15)10(17-8)7-3-2-4-16-7/h6-8,12-13H,2-5H2,1H3,(H,14,15)/t6-,7-,8+/m1/s1. The first-order valence-electron chi connectivity index (χ1n) is 5.78. The first-order valence-corrected chi connectivity index (χ1v) is 6.66. The molecule has 3 N–H and O–H groups in total. The monoisotopic (exact) mass is 259 g/mol. The molecule has 17 heavy (non-hydrogen) atoms. The summed E-state index contributed by atoms with van der Waals surface area (Å²) in [5, 5.41) is 21.4. The van der Waals surface area contributed by atoms with Crippen molar-refractivity contribution in [2.75, 3.05) is 6.61 Å². The maximum absolute atomic E-state index is 11.1. The molecule has 0 amide bonds. The molecule has 1 saturated heterocycles. The molecule has 0 aliphatic carbocycles. The van der Waals surface area contributed by atoms with E-state index in [0.717, 1.165) is 17.7 Å². The number of rotatable bonds is 4. The second-order valence-corrected chi connectivity index (χ2v) is 5.63. The van der Waals surface area contributed by atoms with Gasteiger partial charge in [-0.05, 0) is 19.8 Å². The molecule has 0 aromatic heterocycles. The van der Waals surface area contributed by atoms with Crippen LogP contribution in [0.3, 0.4) is 0 Å². The van der Waals surface area contributed by atoms with Crippen molar-refractivity contribution in [1.82, 2.24) is 5.32 Å². The number of carbonyl (C=O) groups is 1. The summed E-state index contributed by atoms with van der Waals surface area (Å²) in [4.78, 5) is 11.9. The quantitative estimate of drug-likeness (QED) is 0.696. The fourth-order valence-corrected chi connectivity index (χ4v) is 3.54. The maximum Gasteiger partial charge on any atom is 0.352 e. The van der Waals surface area contributed by atoms with E-state index in [1.165, 1.54) is 11.8 Å². The van der Waals surface area contributed by atoms with E-state index in [1.807, 2.05) is 0 Å². The molecular formula is C11H17NO4S. The van der Waals surface area contributed by atoms with Crippen LogP contribution in [-0.4, -0.2) is 40.4 Å². The second-order valence-electron chi connectivity index (χ2n) is 4.38. The van der Waals surface area contributed by atoms with Gasteiger partial charge in [-0.25, -0.2) is 4.79 Å². The average molecular weight is 259 g/mol. The van der Waals surface area contributed by atoms with Crippen molar-refractivity contribution in [3.8, 4) is 0 Å². The minimum atomic E-state index is -0.948. The molecule has 6 heteroatoms. The molecule has 0 bridgehead atoms. The number of hydrogen-bond acceptors (Lipinski definition) is 5. The molecule has 0 spiro atoms. The highest BCUT2D eigenvalue weighted by Crippen LogP contribution is 2.39. The molecule has 0 unspecified atom stereocenters. The Balaban J connectivity index is 2.08. The van der Waals surface area contributed by atoms with E-state index in [1.54, 1.807) is 6.92 Å². The number of aliphatic carboxylic acids is 1.